The minimum Gasteiger partial charge on any atom is -0.300 e. The van der Waals surface area contributed by atoms with Crippen LogP contribution in [0, 0.1) is 0 Å². The highest BCUT2D eigenvalue weighted by molar-refractivity contribution is 5.75. The van der Waals surface area contributed by atoms with E-state index >= 15 is 0 Å². The van der Waals surface area contributed by atoms with E-state index in [0.717, 1.165) is 12.8 Å². The molecule has 0 fully saturated rings. The maximum atomic E-state index is 10.6. The van der Waals surface area contributed by atoms with Gasteiger partial charge in [0.05, 0.1) is 0 Å². The summed E-state index contributed by atoms with van der Waals surface area (Å²) in [5.41, 5.74) is 0. The molecule has 2 nitrogen and oxygen atoms in total. The van der Waals surface area contributed by atoms with Crippen molar-refractivity contribution in [3.05, 3.63) is 0 Å². The summed E-state index contributed by atoms with van der Waals surface area (Å²) in [4.78, 5) is 20.0. The second-order valence-electron chi connectivity index (χ2n) is 4.48. The fourth-order valence-corrected chi connectivity index (χ4v) is 1.33. The summed E-state index contributed by atoms with van der Waals surface area (Å²) in [5.74, 6) is 0.503. The normalized spacial score (nSPS) is 9.25. The maximum Gasteiger partial charge on any atom is 0.129 e. The van der Waals surface area contributed by atoms with Gasteiger partial charge in [-0.05, 0) is 27.2 Å². The monoisotopic (exact) mass is 228 g/mol. The van der Waals surface area contributed by atoms with Crippen LogP contribution in [0.1, 0.15) is 79.1 Å². The first kappa shape index (κ1) is 17.7. The van der Waals surface area contributed by atoms with Crippen LogP contribution in [0.3, 0.4) is 0 Å². The lowest BCUT2D eigenvalue weighted by molar-refractivity contribution is -0.117. The number of hydrogen-bond donors (Lipinski definition) is 0. The van der Waals surface area contributed by atoms with Crippen LogP contribution in [0.5, 0.6) is 0 Å². The molecule has 0 atom stereocenters. The fourth-order valence-electron chi connectivity index (χ4n) is 1.33. The Bertz CT molecular complexity index is 170. The molecule has 96 valence electrons. The molecule has 0 heterocycles. The number of ketones is 2. The quantitative estimate of drug-likeness (QED) is 0.580. The van der Waals surface area contributed by atoms with E-state index in [0.29, 0.717) is 5.78 Å². The van der Waals surface area contributed by atoms with Crippen molar-refractivity contribution in [1.29, 1.82) is 0 Å². The van der Waals surface area contributed by atoms with Crippen LogP contribution in [-0.4, -0.2) is 11.6 Å². The number of unbranched alkanes of at least 4 members (excludes halogenated alkanes) is 6. The molecule has 0 rings (SSSR count). The molecule has 0 aromatic heterocycles. The van der Waals surface area contributed by atoms with E-state index in [1.54, 1.807) is 6.92 Å². The highest BCUT2D eigenvalue weighted by Crippen LogP contribution is 2.08. The Hall–Kier alpha value is -0.660. The summed E-state index contributed by atoms with van der Waals surface area (Å²) in [6.07, 6.45) is 9.84. The highest BCUT2D eigenvalue weighted by atomic mass is 16.1. The van der Waals surface area contributed by atoms with Crippen molar-refractivity contribution in [1.82, 2.24) is 0 Å². The molecule has 2 heteroatoms. The van der Waals surface area contributed by atoms with Crippen LogP contribution >= 0.6 is 0 Å². The largest absolute Gasteiger partial charge is 0.300 e. The summed E-state index contributed by atoms with van der Waals surface area (Å²) in [6.45, 7) is 6.97. The van der Waals surface area contributed by atoms with E-state index in [1.165, 1.54) is 52.4 Å². The molecule has 16 heavy (non-hydrogen) atoms. The van der Waals surface area contributed by atoms with Crippen molar-refractivity contribution in [3.8, 4) is 0 Å². The molecule has 0 saturated heterocycles. The lowest BCUT2D eigenvalue weighted by atomic mass is 10.1. The van der Waals surface area contributed by atoms with Crippen LogP contribution in [0.2, 0.25) is 0 Å². The lowest BCUT2D eigenvalue weighted by Gasteiger charge is -1.98. The maximum absolute atomic E-state index is 10.6. The molecule has 0 unspecified atom stereocenters. The van der Waals surface area contributed by atoms with Crippen LogP contribution < -0.4 is 0 Å². The molecule has 0 aromatic carbocycles. The molecule has 0 saturated carbocycles. The summed E-state index contributed by atoms with van der Waals surface area (Å²) < 4.78 is 0. The molecule has 0 aliphatic heterocycles. The average Bonchev–Trinajstić information content (AvgIpc) is 2.15. The molecule has 0 radical (unpaired) electrons. The molecule has 0 spiro atoms. The van der Waals surface area contributed by atoms with Gasteiger partial charge in [0.1, 0.15) is 11.6 Å². The Morgan fingerprint density at radius 3 is 1.50 bits per heavy atom. The first-order valence-electron chi connectivity index (χ1n) is 6.47. The summed E-state index contributed by atoms with van der Waals surface area (Å²) in [6, 6.07) is 0. The number of Topliss-reactive ketones (excluding diaryl/α,β-unsaturated/α-hetero) is 2. The van der Waals surface area contributed by atoms with Crippen LogP contribution in [0.25, 0.3) is 0 Å². The highest BCUT2D eigenvalue weighted by Gasteiger charge is 1.93. The smallest absolute Gasteiger partial charge is 0.129 e. The molecule has 0 aromatic rings. The lowest BCUT2D eigenvalue weighted by Crippen LogP contribution is -1.89. The molecule has 0 aliphatic carbocycles. The zero-order chi connectivity index (χ0) is 12.8. The standard InChI is InChI=1S/C11H22O.C3H6O/c1-3-4-5-6-7-8-9-10-11(2)12;1-3(2)4/h3-10H2,1-2H3;1-2H3. The topological polar surface area (TPSA) is 34.1 Å². The van der Waals surface area contributed by atoms with Crippen LogP contribution in [-0.2, 0) is 9.59 Å². The van der Waals surface area contributed by atoms with Crippen molar-refractivity contribution in [2.75, 3.05) is 0 Å². The van der Waals surface area contributed by atoms with Gasteiger partial charge in [0.25, 0.3) is 0 Å². The van der Waals surface area contributed by atoms with Crippen molar-refractivity contribution in [2.45, 2.75) is 79.1 Å². The predicted octanol–water partition coefficient (Wildman–Crippen LogP) is 4.31. The van der Waals surface area contributed by atoms with Gasteiger partial charge in [0, 0.05) is 6.42 Å². The Kier molecular flexibility index (Phi) is 15.9. The number of carbonyl (C=O) groups is 2. The zero-order valence-corrected chi connectivity index (χ0v) is 11.5. The predicted molar refractivity (Wildman–Crippen MR) is 69.6 cm³/mol. The molecule has 0 N–H and O–H groups in total. The zero-order valence-electron chi connectivity index (χ0n) is 11.5. The minimum atomic E-state index is 0.167. The van der Waals surface area contributed by atoms with E-state index in [9.17, 15) is 9.59 Å². The van der Waals surface area contributed by atoms with E-state index in [1.807, 2.05) is 0 Å². The summed E-state index contributed by atoms with van der Waals surface area (Å²) in [7, 11) is 0. The molecule has 0 amide bonds. The number of rotatable bonds is 8. The molecular formula is C14H28O2. The van der Waals surface area contributed by atoms with Gasteiger partial charge < -0.3 is 9.59 Å². The molecule has 0 bridgehead atoms. The van der Waals surface area contributed by atoms with E-state index < -0.39 is 0 Å². The van der Waals surface area contributed by atoms with E-state index in [2.05, 4.69) is 6.92 Å². The third-order valence-corrected chi connectivity index (χ3v) is 2.13. The van der Waals surface area contributed by atoms with Gasteiger partial charge in [-0.25, -0.2) is 0 Å². The van der Waals surface area contributed by atoms with Crippen LogP contribution in [0.4, 0.5) is 0 Å². The first-order chi connectivity index (χ1) is 7.50. The van der Waals surface area contributed by atoms with Gasteiger partial charge in [0.15, 0.2) is 0 Å². The Balaban J connectivity index is 0. The minimum absolute atomic E-state index is 0.167. The first-order valence-corrected chi connectivity index (χ1v) is 6.47. The van der Waals surface area contributed by atoms with Gasteiger partial charge in [-0.2, -0.15) is 0 Å². The third kappa shape index (κ3) is 29.2. The van der Waals surface area contributed by atoms with Gasteiger partial charge in [-0.1, -0.05) is 45.4 Å². The van der Waals surface area contributed by atoms with E-state index in [-0.39, 0.29) is 5.78 Å². The summed E-state index contributed by atoms with van der Waals surface area (Å²) in [5, 5.41) is 0. The Morgan fingerprint density at radius 1 is 0.750 bits per heavy atom. The SMILES string of the molecule is CC(C)=O.CCCCCCCCCC(C)=O. The number of carbonyl (C=O) groups excluding carboxylic acids is 2. The van der Waals surface area contributed by atoms with Crippen LogP contribution in [0.15, 0.2) is 0 Å². The van der Waals surface area contributed by atoms with Gasteiger partial charge in [-0.3, -0.25) is 0 Å². The van der Waals surface area contributed by atoms with Gasteiger partial charge >= 0.3 is 0 Å². The van der Waals surface area contributed by atoms with Gasteiger partial charge in [-0.15, -0.1) is 0 Å². The molecule has 0 aliphatic rings. The molecular weight excluding hydrogens is 200 g/mol. The Labute approximate surface area is 101 Å². The second kappa shape index (κ2) is 14.3. The van der Waals surface area contributed by atoms with Crippen molar-refractivity contribution < 1.29 is 9.59 Å². The van der Waals surface area contributed by atoms with Crippen molar-refractivity contribution in [3.63, 3.8) is 0 Å². The average molecular weight is 228 g/mol. The number of hydrogen-bond acceptors (Lipinski definition) is 2. The summed E-state index contributed by atoms with van der Waals surface area (Å²) >= 11 is 0. The fraction of sp³-hybridized carbons (Fsp3) is 0.857. The Morgan fingerprint density at radius 2 is 1.12 bits per heavy atom. The van der Waals surface area contributed by atoms with E-state index in [4.69, 9.17) is 0 Å². The third-order valence-electron chi connectivity index (χ3n) is 2.13. The van der Waals surface area contributed by atoms with Crippen molar-refractivity contribution >= 4 is 11.6 Å². The van der Waals surface area contributed by atoms with Gasteiger partial charge in [0.2, 0.25) is 0 Å². The van der Waals surface area contributed by atoms with Crippen molar-refractivity contribution in [2.24, 2.45) is 0 Å². The second-order valence-corrected chi connectivity index (χ2v) is 4.48.